The predicted octanol–water partition coefficient (Wildman–Crippen LogP) is 1.18. The highest BCUT2D eigenvalue weighted by atomic mass is 79.9. The van der Waals surface area contributed by atoms with Gasteiger partial charge in [-0.15, -0.1) is 0 Å². The molecule has 0 heterocycles. The minimum Gasteiger partial charge on any atom is -0.399 e. The lowest BCUT2D eigenvalue weighted by atomic mass is 10.3. The summed E-state index contributed by atoms with van der Waals surface area (Å²) in [7, 11) is -3.75. The van der Waals surface area contributed by atoms with Gasteiger partial charge >= 0.3 is 0 Å². The third-order valence-electron chi connectivity index (χ3n) is 2.78. The summed E-state index contributed by atoms with van der Waals surface area (Å²) in [6.45, 7) is 4.50. The Labute approximate surface area is 127 Å². The number of sulfonamides is 1. The minimum absolute atomic E-state index is 0.0547. The van der Waals surface area contributed by atoms with Gasteiger partial charge < -0.3 is 10.6 Å². The highest BCUT2D eigenvalue weighted by Crippen LogP contribution is 2.23. The first-order valence-electron chi connectivity index (χ1n) is 6.14. The number of likely N-dealkylation sites (N-methyl/N-ethyl adjacent to an activating group) is 1. The summed E-state index contributed by atoms with van der Waals surface area (Å²) in [6.07, 6.45) is 0. The molecule has 1 aromatic carbocycles. The SMILES string of the molecule is CCN(CC)C(=O)CNS(=O)(=O)c1ccc(N)cc1Br. The van der Waals surface area contributed by atoms with Gasteiger partial charge in [0.2, 0.25) is 15.9 Å². The number of benzene rings is 1. The number of carbonyl (C=O) groups is 1. The Balaban J connectivity index is 2.83. The summed E-state index contributed by atoms with van der Waals surface area (Å²) < 4.78 is 26.9. The molecule has 0 saturated carbocycles. The molecule has 0 atom stereocenters. The van der Waals surface area contributed by atoms with Gasteiger partial charge in [-0.05, 0) is 48.0 Å². The van der Waals surface area contributed by atoms with Gasteiger partial charge in [0.15, 0.2) is 0 Å². The second-order valence-electron chi connectivity index (χ2n) is 4.08. The quantitative estimate of drug-likeness (QED) is 0.742. The summed E-state index contributed by atoms with van der Waals surface area (Å²) in [5, 5.41) is 0. The van der Waals surface area contributed by atoms with Crippen molar-refractivity contribution in [2.24, 2.45) is 0 Å². The summed E-state index contributed by atoms with van der Waals surface area (Å²) in [4.78, 5) is 13.4. The van der Waals surface area contributed by atoms with E-state index in [-0.39, 0.29) is 17.3 Å². The van der Waals surface area contributed by atoms with E-state index in [2.05, 4.69) is 20.7 Å². The van der Waals surface area contributed by atoms with Crippen LogP contribution in [0.15, 0.2) is 27.6 Å². The maximum absolute atomic E-state index is 12.1. The molecule has 0 aliphatic rings. The standard InChI is InChI=1S/C12H18BrN3O3S/c1-3-16(4-2)12(17)8-15-20(18,19)11-6-5-9(14)7-10(11)13/h5-7,15H,3-4,8,14H2,1-2H3. The second kappa shape index (κ2) is 7.05. The Morgan fingerprint density at radius 3 is 2.45 bits per heavy atom. The normalized spacial score (nSPS) is 11.3. The van der Waals surface area contributed by atoms with Gasteiger partial charge in [-0.1, -0.05) is 0 Å². The summed E-state index contributed by atoms with van der Waals surface area (Å²) in [5.41, 5.74) is 6.02. The van der Waals surface area contributed by atoms with Crippen molar-refractivity contribution in [1.82, 2.24) is 9.62 Å². The summed E-state index contributed by atoms with van der Waals surface area (Å²) >= 11 is 3.15. The zero-order chi connectivity index (χ0) is 15.3. The van der Waals surface area contributed by atoms with Gasteiger partial charge in [-0.3, -0.25) is 4.79 Å². The van der Waals surface area contributed by atoms with Crippen LogP contribution in [0.2, 0.25) is 0 Å². The van der Waals surface area contributed by atoms with Crippen LogP contribution in [0.3, 0.4) is 0 Å². The molecule has 1 aromatic rings. The molecular formula is C12H18BrN3O3S. The lowest BCUT2D eigenvalue weighted by Crippen LogP contribution is -2.40. The highest BCUT2D eigenvalue weighted by molar-refractivity contribution is 9.10. The Morgan fingerprint density at radius 1 is 1.35 bits per heavy atom. The minimum atomic E-state index is -3.75. The molecule has 6 nitrogen and oxygen atoms in total. The molecule has 20 heavy (non-hydrogen) atoms. The van der Waals surface area contributed by atoms with E-state index in [1.807, 2.05) is 13.8 Å². The van der Waals surface area contributed by atoms with Gasteiger partial charge in [0, 0.05) is 23.2 Å². The van der Waals surface area contributed by atoms with Gasteiger partial charge in [-0.2, -0.15) is 0 Å². The van der Waals surface area contributed by atoms with Crippen molar-refractivity contribution in [3.05, 3.63) is 22.7 Å². The molecule has 3 N–H and O–H groups in total. The van der Waals surface area contributed by atoms with Crippen LogP contribution in [0.4, 0.5) is 5.69 Å². The molecule has 1 amide bonds. The topological polar surface area (TPSA) is 92.5 Å². The first-order valence-corrected chi connectivity index (χ1v) is 8.41. The van der Waals surface area contributed by atoms with E-state index in [9.17, 15) is 13.2 Å². The fourth-order valence-corrected chi connectivity index (χ4v) is 3.73. The molecule has 0 aliphatic carbocycles. The number of amides is 1. The van der Waals surface area contributed by atoms with Gasteiger partial charge in [-0.25, -0.2) is 13.1 Å². The highest BCUT2D eigenvalue weighted by Gasteiger charge is 2.20. The Kier molecular flexibility index (Phi) is 5.97. The third-order valence-corrected chi connectivity index (χ3v) is 5.15. The molecule has 0 radical (unpaired) electrons. The lowest BCUT2D eigenvalue weighted by molar-refractivity contribution is -0.129. The fourth-order valence-electron chi connectivity index (χ4n) is 1.66. The van der Waals surface area contributed by atoms with E-state index in [1.165, 1.54) is 18.2 Å². The molecule has 0 unspecified atom stereocenters. The van der Waals surface area contributed by atoms with Crippen molar-refractivity contribution in [3.8, 4) is 0 Å². The van der Waals surface area contributed by atoms with E-state index in [4.69, 9.17) is 5.73 Å². The number of nitrogens with one attached hydrogen (secondary N) is 1. The lowest BCUT2D eigenvalue weighted by Gasteiger charge is -2.18. The zero-order valence-corrected chi connectivity index (χ0v) is 13.8. The molecule has 1 rings (SSSR count). The molecule has 0 bridgehead atoms. The number of rotatable bonds is 6. The summed E-state index contributed by atoms with van der Waals surface area (Å²) in [6, 6.07) is 4.38. The number of hydrogen-bond donors (Lipinski definition) is 2. The van der Waals surface area contributed by atoms with E-state index in [0.717, 1.165) is 0 Å². The van der Waals surface area contributed by atoms with Crippen LogP contribution >= 0.6 is 15.9 Å². The molecule has 112 valence electrons. The van der Waals surface area contributed by atoms with Crippen molar-refractivity contribution < 1.29 is 13.2 Å². The average Bonchev–Trinajstić information content (AvgIpc) is 2.37. The molecule has 0 aromatic heterocycles. The van der Waals surface area contributed by atoms with Crippen molar-refractivity contribution >= 4 is 37.5 Å². The molecule has 0 saturated heterocycles. The van der Waals surface area contributed by atoms with Gasteiger partial charge in [0.05, 0.1) is 11.4 Å². The van der Waals surface area contributed by atoms with Crippen LogP contribution in [-0.4, -0.2) is 38.9 Å². The van der Waals surface area contributed by atoms with Crippen molar-refractivity contribution in [1.29, 1.82) is 0 Å². The number of halogens is 1. The monoisotopic (exact) mass is 363 g/mol. The Bertz CT molecular complexity index is 586. The molecular weight excluding hydrogens is 346 g/mol. The van der Waals surface area contributed by atoms with E-state index < -0.39 is 10.0 Å². The van der Waals surface area contributed by atoms with Crippen molar-refractivity contribution in [3.63, 3.8) is 0 Å². The number of carbonyl (C=O) groups excluding carboxylic acids is 1. The van der Waals surface area contributed by atoms with Crippen LogP contribution in [0.5, 0.6) is 0 Å². The molecule has 0 spiro atoms. The first-order chi connectivity index (χ1) is 9.31. The zero-order valence-electron chi connectivity index (χ0n) is 11.4. The number of hydrogen-bond acceptors (Lipinski definition) is 4. The van der Waals surface area contributed by atoms with E-state index in [0.29, 0.717) is 23.2 Å². The van der Waals surface area contributed by atoms with E-state index >= 15 is 0 Å². The number of nitrogen functional groups attached to an aromatic ring is 1. The van der Waals surface area contributed by atoms with Crippen LogP contribution < -0.4 is 10.5 Å². The maximum atomic E-state index is 12.1. The third kappa shape index (κ3) is 4.19. The summed E-state index contributed by atoms with van der Waals surface area (Å²) in [5.74, 6) is -0.259. The average molecular weight is 364 g/mol. The van der Waals surface area contributed by atoms with Crippen molar-refractivity contribution in [2.75, 3.05) is 25.4 Å². The first kappa shape index (κ1) is 16.9. The Morgan fingerprint density at radius 2 is 1.95 bits per heavy atom. The molecule has 0 fully saturated rings. The van der Waals surface area contributed by atoms with Crippen LogP contribution in [0.1, 0.15) is 13.8 Å². The van der Waals surface area contributed by atoms with Crippen molar-refractivity contribution in [2.45, 2.75) is 18.7 Å². The largest absolute Gasteiger partial charge is 0.399 e. The van der Waals surface area contributed by atoms with Gasteiger partial charge in [0.25, 0.3) is 0 Å². The molecule has 0 aliphatic heterocycles. The maximum Gasteiger partial charge on any atom is 0.242 e. The van der Waals surface area contributed by atoms with Crippen LogP contribution in [0, 0.1) is 0 Å². The molecule has 8 heteroatoms. The van der Waals surface area contributed by atoms with Gasteiger partial charge in [0.1, 0.15) is 0 Å². The second-order valence-corrected chi connectivity index (χ2v) is 6.67. The number of nitrogens with two attached hydrogens (primary N) is 1. The van der Waals surface area contributed by atoms with Crippen LogP contribution in [-0.2, 0) is 14.8 Å². The number of nitrogens with zero attached hydrogens (tertiary/aromatic N) is 1. The Hall–Kier alpha value is -1.12. The smallest absolute Gasteiger partial charge is 0.242 e. The van der Waals surface area contributed by atoms with Crippen LogP contribution in [0.25, 0.3) is 0 Å². The van der Waals surface area contributed by atoms with E-state index in [1.54, 1.807) is 4.90 Å². The predicted molar refractivity (Wildman–Crippen MR) is 81.7 cm³/mol. The number of anilines is 1. The fraction of sp³-hybridized carbons (Fsp3) is 0.417.